The number of nitrogens with one attached hydrogen (secondary N) is 1. The van der Waals surface area contributed by atoms with Crippen LogP contribution in [-0.4, -0.2) is 45.0 Å². The Kier molecular flexibility index (Phi) is 3.60. The highest BCUT2D eigenvalue weighted by Crippen LogP contribution is 2.36. The minimum atomic E-state index is -1.01. The van der Waals surface area contributed by atoms with Crippen LogP contribution in [0.15, 0.2) is 11.8 Å². The number of carboxylic acids is 1. The zero-order chi connectivity index (χ0) is 13.3. The maximum absolute atomic E-state index is 11.8. The van der Waals surface area contributed by atoms with E-state index < -0.39 is 12.0 Å². The van der Waals surface area contributed by atoms with Crippen LogP contribution in [0.2, 0.25) is 0 Å². The lowest BCUT2D eigenvalue weighted by atomic mass is 10.1. The van der Waals surface area contributed by atoms with Gasteiger partial charge in [-0.25, -0.2) is 4.79 Å². The van der Waals surface area contributed by atoms with Crippen molar-refractivity contribution in [2.75, 3.05) is 5.75 Å². The van der Waals surface area contributed by atoms with Gasteiger partial charge in [0.15, 0.2) is 0 Å². The second-order valence-corrected chi connectivity index (χ2v) is 5.31. The lowest BCUT2D eigenvalue weighted by Gasteiger charge is -2.47. The van der Waals surface area contributed by atoms with E-state index in [1.165, 1.54) is 22.9 Å². The van der Waals surface area contributed by atoms with Gasteiger partial charge in [0.05, 0.1) is 5.57 Å². The number of carboxylic acid groups (broad SMARTS) is 1. The van der Waals surface area contributed by atoms with Crippen LogP contribution in [-0.2, 0) is 14.4 Å². The third-order valence-corrected chi connectivity index (χ3v) is 4.17. The van der Waals surface area contributed by atoms with Crippen LogP contribution in [0.25, 0.3) is 0 Å². The Morgan fingerprint density at radius 3 is 2.94 bits per heavy atom. The predicted octanol–water partition coefficient (Wildman–Crippen LogP) is 0.155. The van der Waals surface area contributed by atoms with Crippen molar-refractivity contribution in [1.29, 1.82) is 0 Å². The number of carbonyl (C=O) groups is 3. The molecule has 0 aliphatic carbocycles. The fourth-order valence-electron chi connectivity index (χ4n) is 1.90. The van der Waals surface area contributed by atoms with Gasteiger partial charge in [-0.2, -0.15) is 0 Å². The van der Waals surface area contributed by atoms with Crippen molar-refractivity contribution in [1.82, 2.24) is 10.2 Å². The van der Waals surface area contributed by atoms with E-state index in [1.54, 1.807) is 0 Å². The number of hydrogen-bond donors (Lipinski definition) is 2. The Hall–Kier alpha value is -1.50. The van der Waals surface area contributed by atoms with Gasteiger partial charge in [0.1, 0.15) is 11.4 Å². The first-order chi connectivity index (χ1) is 8.54. The summed E-state index contributed by atoms with van der Waals surface area (Å²) in [7, 11) is 0. The summed E-state index contributed by atoms with van der Waals surface area (Å²) in [5.74, 6) is -1.03. The van der Waals surface area contributed by atoms with Gasteiger partial charge in [0, 0.05) is 18.4 Å². The molecule has 6 nitrogen and oxygen atoms in total. The molecule has 98 valence electrons. The Labute approximate surface area is 108 Å². The van der Waals surface area contributed by atoms with Crippen LogP contribution in [0.1, 0.15) is 19.8 Å². The molecule has 0 saturated carbocycles. The summed E-state index contributed by atoms with van der Waals surface area (Å²) >= 11 is 1.36. The Morgan fingerprint density at radius 2 is 2.33 bits per heavy atom. The van der Waals surface area contributed by atoms with Crippen molar-refractivity contribution in [2.24, 2.45) is 0 Å². The quantitative estimate of drug-likeness (QED) is 0.710. The molecule has 2 amide bonds. The van der Waals surface area contributed by atoms with E-state index in [2.05, 4.69) is 5.32 Å². The number of nitrogens with zero attached hydrogens (tertiary/aromatic N) is 1. The highest BCUT2D eigenvalue weighted by atomic mass is 32.2. The van der Waals surface area contributed by atoms with E-state index in [9.17, 15) is 14.4 Å². The molecule has 1 saturated heterocycles. The fourth-order valence-corrected chi connectivity index (χ4v) is 3.15. The van der Waals surface area contributed by atoms with E-state index in [0.717, 1.165) is 6.42 Å². The molecule has 0 bridgehead atoms. The summed E-state index contributed by atoms with van der Waals surface area (Å²) in [4.78, 5) is 35.4. The van der Waals surface area contributed by atoms with E-state index in [4.69, 9.17) is 5.11 Å². The second-order valence-electron chi connectivity index (χ2n) is 4.20. The van der Waals surface area contributed by atoms with Gasteiger partial charge in [0.25, 0.3) is 5.91 Å². The first kappa shape index (κ1) is 12.9. The summed E-state index contributed by atoms with van der Waals surface area (Å²) in [6.07, 6.45) is 2.50. The standard InChI is InChI=1S/C11H14N2O4S/c1-2-3-7(14)12-8-9(15)13-4-6(11(16)17)5-18-10(8)13/h4,8,10H,2-3,5H2,1H3,(H,12,14)(H,16,17)/t8?,10-/m1/s1. The van der Waals surface area contributed by atoms with Gasteiger partial charge < -0.3 is 15.3 Å². The number of aliphatic carboxylic acids is 1. The fraction of sp³-hybridized carbons (Fsp3) is 0.545. The Bertz CT molecular complexity index is 435. The minimum absolute atomic E-state index is 0.135. The van der Waals surface area contributed by atoms with E-state index in [0.29, 0.717) is 12.2 Å². The summed E-state index contributed by atoms with van der Waals surface area (Å²) < 4.78 is 0. The number of rotatable bonds is 4. The average molecular weight is 270 g/mol. The molecular weight excluding hydrogens is 256 g/mol. The van der Waals surface area contributed by atoms with E-state index in [1.807, 2.05) is 6.92 Å². The van der Waals surface area contributed by atoms with Crippen LogP contribution >= 0.6 is 11.8 Å². The summed E-state index contributed by atoms with van der Waals surface area (Å²) in [6.45, 7) is 1.89. The van der Waals surface area contributed by atoms with Crippen LogP contribution in [0.3, 0.4) is 0 Å². The predicted molar refractivity (Wildman–Crippen MR) is 65.6 cm³/mol. The monoisotopic (exact) mass is 270 g/mol. The van der Waals surface area contributed by atoms with Crippen molar-refractivity contribution in [2.45, 2.75) is 31.2 Å². The zero-order valence-corrected chi connectivity index (χ0v) is 10.7. The minimum Gasteiger partial charge on any atom is -0.478 e. The highest BCUT2D eigenvalue weighted by Gasteiger charge is 2.49. The maximum Gasteiger partial charge on any atom is 0.333 e. The molecule has 2 aliphatic heterocycles. The van der Waals surface area contributed by atoms with E-state index >= 15 is 0 Å². The molecule has 2 aliphatic rings. The molecule has 1 unspecified atom stereocenters. The molecule has 2 rings (SSSR count). The average Bonchev–Trinajstić information content (AvgIpc) is 2.35. The number of amides is 2. The SMILES string of the molecule is CCCC(=O)NC1C(=O)N2C=C(C(=O)O)CS[C@H]12. The second kappa shape index (κ2) is 5.01. The lowest BCUT2D eigenvalue weighted by Crippen LogP contribution is -2.68. The lowest BCUT2D eigenvalue weighted by molar-refractivity contribution is -0.145. The third kappa shape index (κ3) is 2.22. The summed E-state index contributed by atoms with van der Waals surface area (Å²) in [6, 6.07) is -0.513. The first-order valence-corrected chi connectivity index (χ1v) is 6.76. The van der Waals surface area contributed by atoms with Crippen molar-refractivity contribution in [3.63, 3.8) is 0 Å². The summed E-state index contributed by atoms with van der Waals surface area (Å²) in [5.41, 5.74) is 0.211. The molecule has 18 heavy (non-hydrogen) atoms. The molecule has 0 aromatic rings. The molecule has 2 atom stereocenters. The number of thioether (sulfide) groups is 1. The topological polar surface area (TPSA) is 86.7 Å². The zero-order valence-electron chi connectivity index (χ0n) is 9.88. The van der Waals surface area contributed by atoms with Gasteiger partial charge in [-0.1, -0.05) is 6.92 Å². The van der Waals surface area contributed by atoms with Gasteiger partial charge in [-0.3, -0.25) is 9.59 Å². The molecule has 0 radical (unpaired) electrons. The van der Waals surface area contributed by atoms with Crippen molar-refractivity contribution >= 4 is 29.5 Å². The molecule has 2 N–H and O–H groups in total. The van der Waals surface area contributed by atoms with Gasteiger partial charge in [0.2, 0.25) is 5.91 Å². The highest BCUT2D eigenvalue weighted by molar-refractivity contribution is 8.00. The molecule has 0 aromatic carbocycles. The molecule has 1 fully saturated rings. The third-order valence-electron chi connectivity index (χ3n) is 2.85. The first-order valence-electron chi connectivity index (χ1n) is 5.71. The van der Waals surface area contributed by atoms with Crippen LogP contribution in [0, 0.1) is 0 Å². The number of hydrogen-bond acceptors (Lipinski definition) is 4. The van der Waals surface area contributed by atoms with Crippen molar-refractivity contribution < 1.29 is 19.5 Å². The van der Waals surface area contributed by atoms with E-state index in [-0.39, 0.29) is 22.8 Å². The smallest absolute Gasteiger partial charge is 0.333 e. The molecule has 2 heterocycles. The number of β-lactam (4-membered cyclic amide) rings is 1. The Balaban J connectivity index is 1.99. The largest absolute Gasteiger partial charge is 0.478 e. The van der Waals surface area contributed by atoms with Crippen molar-refractivity contribution in [3.05, 3.63) is 11.8 Å². The van der Waals surface area contributed by atoms with Gasteiger partial charge >= 0.3 is 5.97 Å². The summed E-state index contributed by atoms with van der Waals surface area (Å²) in [5, 5.41) is 11.4. The molecule has 7 heteroatoms. The van der Waals surface area contributed by atoms with Crippen LogP contribution in [0.5, 0.6) is 0 Å². The number of fused-ring (bicyclic) bond motifs is 1. The van der Waals surface area contributed by atoms with Crippen molar-refractivity contribution in [3.8, 4) is 0 Å². The number of carbonyl (C=O) groups excluding carboxylic acids is 2. The van der Waals surface area contributed by atoms with Gasteiger partial charge in [-0.05, 0) is 6.42 Å². The normalized spacial score (nSPS) is 25.9. The Morgan fingerprint density at radius 1 is 1.61 bits per heavy atom. The molecule has 0 spiro atoms. The van der Waals surface area contributed by atoms with Gasteiger partial charge in [-0.15, -0.1) is 11.8 Å². The molecule has 0 aromatic heterocycles. The molecular formula is C11H14N2O4S. The maximum atomic E-state index is 11.8. The van der Waals surface area contributed by atoms with Crippen LogP contribution < -0.4 is 5.32 Å². The van der Waals surface area contributed by atoms with Crippen LogP contribution in [0.4, 0.5) is 0 Å².